The second-order valence-electron chi connectivity index (χ2n) is 2.75. The van der Waals surface area contributed by atoms with Gasteiger partial charge >= 0.3 is 5.97 Å². The highest BCUT2D eigenvalue weighted by molar-refractivity contribution is 6.35. The van der Waals surface area contributed by atoms with Gasteiger partial charge in [-0.25, -0.2) is 0 Å². The van der Waals surface area contributed by atoms with Crippen LogP contribution in [-0.2, 0) is 16.1 Å². The molecule has 0 saturated carbocycles. The highest BCUT2D eigenvalue weighted by atomic mass is 35.5. The summed E-state index contributed by atoms with van der Waals surface area (Å²) >= 11 is 11.6. The molecule has 0 fully saturated rings. The maximum absolute atomic E-state index is 10.9. The molecule has 0 atom stereocenters. The van der Waals surface area contributed by atoms with Crippen LogP contribution in [0.25, 0.3) is 0 Å². The maximum Gasteiger partial charge on any atom is 0.305 e. The summed E-state index contributed by atoms with van der Waals surface area (Å²) in [5.74, 6) is -0.240. The van der Waals surface area contributed by atoms with Gasteiger partial charge in [-0.05, 0) is 12.1 Å². The van der Waals surface area contributed by atoms with E-state index in [1.165, 1.54) is 0 Å². The van der Waals surface area contributed by atoms with E-state index in [9.17, 15) is 4.79 Å². The number of carbonyl (C=O) groups excluding carboxylic acids is 1. The van der Waals surface area contributed by atoms with E-state index in [4.69, 9.17) is 27.9 Å². The second-order valence-corrected chi connectivity index (χ2v) is 3.59. The summed E-state index contributed by atoms with van der Waals surface area (Å²) in [6.07, 6.45) is 0.366. The molecule has 0 unspecified atom stereocenters. The number of halogens is 2. The van der Waals surface area contributed by atoms with Crippen molar-refractivity contribution >= 4 is 29.2 Å². The molecule has 4 heteroatoms. The van der Waals surface area contributed by atoms with Gasteiger partial charge in [-0.3, -0.25) is 4.79 Å². The van der Waals surface area contributed by atoms with Crippen LogP contribution in [0, 0.1) is 0 Å². The van der Waals surface area contributed by atoms with Crippen molar-refractivity contribution in [2.24, 2.45) is 0 Å². The van der Waals surface area contributed by atoms with Crippen LogP contribution in [0.15, 0.2) is 18.2 Å². The Hall–Kier alpha value is -0.730. The lowest BCUT2D eigenvalue weighted by Gasteiger charge is -2.05. The molecule has 0 spiro atoms. The van der Waals surface area contributed by atoms with Gasteiger partial charge in [0.15, 0.2) is 0 Å². The molecule has 0 aliphatic carbocycles. The van der Waals surface area contributed by atoms with Crippen molar-refractivity contribution in [3.05, 3.63) is 33.8 Å². The van der Waals surface area contributed by atoms with E-state index < -0.39 is 0 Å². The first-order valence-corrected chi connectivity index (χ1v) is 4.98. The second kappa shape index (κ2) is 5.23. The average Bonchev–Trinajstić information content (AvgIpc) is 2.16. The van der Waals surface area contributed by atoms with Gasteiger partial charge in [0.25, 0.3) is 0 Å². The summed E-state index contributed by atoms with van der Waals surface area (Å²) in [6, 6.07) is 5.08. The fourth-order valence-electron chi connectivity index (χ4n) is 0.899. The Balaban J connectivity index is 2.63. The molecule has 0 aromatic heterocycles. The molecule has 14 heavy (non-hydrogen) atoms. The van der Waals surface area contributed by atoms with Gasteiger partial charge in [-0.2, -0.15) is 0 Å². The summed E-state index contributed by atoms with van der Waals surface area (Å²) in [5, 5.41) is 1.09. The van der Waals surface area contributed by atoms with E-state index in [1.807, 2.05) is 0 Å². The normalized spacial score (nSPS) is 9.93. The van der Waals surface area contributed by atoms with E-state index in [2.05, 4.69) is 0 Å². The van der Waals surface area contributed by atoms with Crippen molar-refractivity contribution in [1.29, 1.82) is 0 Å². The fourth-order valence-corrected chi connectivity index (χ4v) is 1.36. The summed E-state index contributed by atoms with van der Waals surface area (Å²) in [7, 11) is 0. The predicted octanol–water partition coefficient (Wildman–Crippen LogP) is 3.45. The lowest BCUT2D eigenvalue weighted by molar-refractivity contribution is -0.144. The van der Waals surface area contributed by atoms with Crippen molar-refractivity contribution in [3.8, 4) is 0 Å². The first-order chi connectivity index (χ1) is 6.63. The molecular formula is C10H10Cl2O2. The lowest BCUT2D eigenvalue weighted by atomic mass is 10.2. The van der Waals surface area contributed by atoms with E-state index >= 15 is 0 Å². The van der Waals surface area contributed by atoms with Gasteiger partial charge in [-0.15, -0.1) is 0 Å². The van der Waals surface area contributed by atoms with Crippen LogP contribution in [0.4, 0.5) is 0 Å². The first kappa shape index (κ1) is 11.3. The monoisotopic (exact) mass is 232 g/mol. The van der Waals surface area contributed by atoms with Crippen molar-refractivity contribution in [2.45, 2.75) is 20.0 Å². The van der Waals surface area contributed by atoms with Crippen molar-refractivity contribution in [1.82, 2.24) is 0 Å². The van der Waals surface area contributed by atoms with Crippen molar-refractivity contribution < 1.29 is 9.53 Å². The van der Waals surface area contributed by atoms with Gasteiger partial charge in [0, 0.05) is 22.0 Å². The predicted molar refractivity (Wildman–Crippen MR) is 56.5 cm³/mol. The zero-order valence-corrected chi connectivity index (χ0v) is 9.23. The van der Waals surface area contributed by atoms with Crippen LogP contribution in [0.5, 0.6) is 0 Å². The number of ether oxygens (including phenoxy) is 1. The van der Waals surface area contributed by atoms with Crippen LogP contribution in [0.2, 0.25) is 10.0 Å². The standard InChI is InChI=1S/C10H10Cl2O2/c1-2-10(13)14-6-7-3-4-8(11)5-9(7)12/h3-5H,2,6H2,1H3. The Morgan fingerprint density at radius 2 is 2.14 bits per heavy atom. The molecule has 1 aromatic rings. The van der Waals surface area contributed by atoms with Crippen molar-refractivity contribution in [3.63, 3.8) is 0 Å². The lowest BCUT2D eigenvalue weighted by Crippen LogP contribution is -2.02. The minimum absolute atomic E-state index is 0.197. The van der Waals surface area contributed by atoms with Crippen molar-refractivity contribution in [2.75, 3.05) is 0 Å². The maximum atomic E-state index is 10.9. The highest BCUT2D eigenvalue weighted by Gasteiger charge is 2.04. The minimum Gasteiger partial charge on any atom is -0.461 e. The van der Waals surface area contributed by atoms with E-state index in [-0.39, 0.29) is 12.6 Å². The Morgan fingerprint density at radius 3 is 2.71 bits per heavy atom. The molecule has 0 saturated heterocycles. The van der Waals surface area contributed by atoms with Gasteiger partial charge in [0.05, 0.1) is 0 Å². The Morgan fingerprint density at radius 1 is 1.43 bits per heavy atom. The molecule has 0 radical (unpaired) electrons. The number of hydrogen-bond donors (Lipinski definition) is 0. The summed E-state index contributed by atoms with van der Waals surface area (Å²) in [4.78, 5) is 10.9. The molecular weight excluding hydrogens is 223 g/mol. The molecule has 1 rings (SSSR count). The third-order valence-corrected chi connectivity index (χ3v) is 2.28. The molecule has 0 bridgehead atoms. The number of hydrogen-bond acceptors (Lipinski definition) is 2. The molecule has 0 aliphatic rings. The van der Waals surface area contributed by atoms with Crippen LogP contribution in [0.1, 0.15) is 18.9 Å². The number of rotatable bonds is 3. The summed E-state index contributed by atoms with van der Waals surface area (Å²) < 4.78 is 4.93. The highest BCUT2D eigenvalue weighted by Crippen LogP contribution is 2.21. The molecule has 0 aliphatic heterocycles. The molecule has 0 amide bonds. The van der Waals surface area contributed by atoms with Crippen LogP contribution in [-0.4, -0.2) is 5.97 Å². The van der Waals surface area contributed by atoms with Gasteiger partial charge in [0.1, 0.15) is 6.61 Å². The molecule has 1 aromatic carbocycles. The SMILES string of the molecule is CCC(=O)OCc1ccc(Cl)cc1Cl. The smallest absolute Gasteiger partial charge is 0.305 e. The largest absolute Gasteiger partial charge is 0.461 e. The van der Waals surface area contributed by atoms with Gasteiger partial charge in [0.2, 0.25) is 0 Å². The van der Waals surface area contributed by atoms with E-state index in [0.717, 1.165) is 5.56 Å². The number of carbonyl (C=O) groups is 1. The van der Waals surface area contributed by atoms with Gasteiger partial charge in [-0.1, -0.05) is 36.2 Å². The first-order valence-electron chi connectivity index (χ1n) is 4.23. The Kier molecular flexibility index (Phi) is 4.23. The molecule has 0 N–H and O–H groups in total. The third kappa shape index (κ3) is 3.20. The zero-order valence-electron chi connectivity index (χ0n) is 7.72. The van der Waals surface area contributed by atoms with E-state index in [1.54, 1.807) is 25.1 Å². The van der Waals surface area contributed by atoms with E-state index in [0.29, 0.717) is 16.5 Å². The average molecular weight is 233 g/mol. The van der Waals surface area contributed by atoms with Crippen LogP contribution in [0.3, 0.4) is 0 Å². The topological polar surface area (TPSA) is 26.3 Å². The Labute approximate surface area is 92.8 Å². The fraction of sp³-hybridized carbons (Fsp3) is 0.300. The zero-order chi connectivity index (χ0) is 10.6. The number of benzene rings is 1. The minimum atomic E-state index is -0.240. The summed E-state index contributed by atoms with van der Waals surface area (Å²) in [6.45, 7) is 1.94. The number of esters is 1. The van der Waals surface area contributed by atoms with Gasteiger partial charge < -0.3 is 4.74 Å². The summed E-state index contributed by atoms with van der Waals surface area (Å²) in [5.41, 5.74) is 0.762. The van der Waals surface area contributed by atoms with Crippen LogP contribution < -0.4 is 0 Å². The van der Waals surface area contributed by atoms with Crippen LogP contribution >= 0.6 is 23.2 Å². The quantitative estimate of drug-likeness (QED) is 0.747. The molecule has 76 valence electrons. The Bertz CT molecular complexity index is 337. The molecule has 0 heterocycles. The molecule has 2 nitrogen and oxygen atoms in total. The third-order valence-electron chi connectivity index (χ3n) is 1.69.